The van der Waals surface area contributed by atoms with Crippen LogP contribution in [0.15, 0.2) is 42.5 Å². The fourth-order valence-corrected chi connectivity index (χ4v) is 3.37. The summed E-state index contributed by atoms with van der Waals surface area (Å²) in [6, 6.07) is 11.7. The maximum absolute atomic E-state index is 14.0. The molecule has 0 aromatic heterocycles. The lowest BCUT2D eigenvalue weighted by molar-refractivity contribution is -0.120. The van der Waals surface area contributed by atoms with Crippen molar-refractivity contribution in [2.75, 3.05) is 50.6 Å². The number of rotatable bonds is 6. The number of amides is 1. The molecule has 0 radical (unpaired) electrons. The smallest absolute Gasteiger partial charge is 0.241 e. The number of para-hydroxylation sites is 1. The molecule has 6 nitrogen and oxygen atoms in total. The van der Waals surface area contributed by atoms with Crippen molar-refractivity contribution >= 4 is 17.3 Å². The zero-order valence-electron chi connectivity index (χ0n) is 16.4. The van der Waals surface area contributed by atoms with Gasteiger partial charge < -0.3 is 19.7 Å². The van der Waals surface area contributed by atoms with Gasteiger partial charge in [-0.25, -0.2) is 4.39 Å². The van der Waals surface area contributed by atoms with Crippen LogP contribution in [0.4, 0.5) is 15.8 Å². The van der Waals surface area contributed by atoms with Crippen LogP contribution in [0.2, 0.25) is 0 Å². The van der Waals surface area contributed by atoms with Crippen LogP contribution in [0.1, 0.15) is 6.92 Å². The van der Waals surface area contributed by atoms with Crippen LogP contribution >= 0.6 is 0 Å². The van der Waals surface area contributed by atoms with Gasteiger partial charge in [0.2, 0.25) is 5.91 Å². The van der Waals surface area contributed by atoms with Crippen molar-refractivity contribution in [3.8, 4) is 11.5 Å². The van der Waals surface area contributed by atoms with E-state index >= 15 is 0 Å². The number of nitrogens with one attached hydrogen (secondary N) is 1. The van der Waals surface area contributed by atoms with Crippen molar-refractivity contribution in [2.24, 2.45) is 0 Å². The Morgan fingerprint density at radius 1 is 1.07 bits per heavy atom. The monoisotopic (exact) mass is 387 g/mol. The topological polar surface area (TPSA) is 54.0 Å². The molecule has 1 unspecified atom stereocenters. The van der Waals surface area contributed by atoms with Gasteiger partial charge in [0.15, 0.2) is 0 Å². The minimum Gasteiger partial charge on any atom is -0.497 e. The Morgan fingerprint density at radius 2 is 1.79 bits per heavy atom. The maximum atomic E-state index is 14.0. The summed E-state index contributed by atoms with van der Waals surface area (Å²) in [7, 11) is 3.13. The third-order valence-electron chi connectivity index (χ3n) is 5.10. The first-order chi connectivity index (χ1) is 13.5. The summed E-state index contributed by atoms with van der Waals surface area (Å²) in [6.45, 7) is 4.57. The number of ether oxygens (including phenoxy) is 2. The molecule has 150 valence electrons. The highest BCUT2D eigenvalue weighted by molar-refractivity contribution is 5.96. The van der Waals surface area contributed by atoms with Gasteiger partial charge in [0.05, 0.1) is 31.6 Å². The lowest BCUT2D eigenvalue weighted by atomic mass is 10.2. The molecule has 1 heterocycles. The minimum absolute atomic E-state index is 0.120. The van der Waals surface area contributed by atoms with Crippen LogP contribution in [-0.4, -0.2) is 57.2 Å². The molecule has 1 amide bonds. The van der Waals surface area contributed by atoms with Crippen LogP contribution < -0.4 is 19.7 Å². The Balaban J connectivity index is 1.61. The second-order valence-corrected chi connectivity index (χ2v) is 6.71. The number of carbonyl (C=O) groups excluding carboxylic acids is 1. The fourth-order valence-electron chi connectivity index (χ4n) is 3.37. The molecule has 3 rings (SSSR count). The Hall–Kier alpha value is -2.80. The molecule has 0 bridgehead atoms. The zero-order chi connectivity index (χ0) is 20.1. The summed E-state index contributed by atoms with van der Waals surface area (Å²) in [5.74, 6) is 0.880. The van der Waals surface area contributed by atoms with Gasteiger partial charge in [-0.2, -0.15) is 0 Å². The molecule has 0 spiro atoms. The predicted octanol–water partition coefficient (Wildman–Crippen LogP) is 2.99. The second kappa shape index (κ2) is 8.93. The predicted molar refractivity (Wildman–Crippen MR) is 108 cm³/mol. The molecule has 2 aromatic rings. The van der Waals surface area contributed by atoms with Crippen LogP contribution in [0.3, 0.4) is 0 Å². The SMILES string of the molecule is COc1ccc(OC)c(NC(=O)C(C)N2CCN(c3ccccc3F)CC2)c1. The van der Waals surface area contributed by atoms with Gasteiger partial charge in [-0.05, 0) is 31.2 Å². The maximum Gasteiger partial charge on any atom is 0.241 e. The minimum atomic E-state index is -0.321. The Labute approximate surface area is 164 Å². The first-order valence-corrected chi connectivity index (χ1v) is 9.30. The molecule has 0 saturated carbocycles. The highest BCUT2D eigenvalue weighted by atomic mass is 19.1. The fraction of sp³-hybridized carbons (Fsp3) is 0.381. The van der Waals surface area contributed by atoms with Crippen LogP contribution in [0, 0.1) is 5.82 Å². The number of methoxy groups -OCH3 is 2. The van der Waals surface area contributed by atoms with Crippen LogP contribution in [0.25, 0.3) is 0 Å². The van der Waals surface area contributed by atoms with Crippen LogP contribution in [-0.2, 0) is 4.79 Å². The highest BCUT2D eigenvalue weighted by Gasteiger charge is 2.27. The number of piperazine rings is 1. The number of carbonyl (C=O) groups is 1. The summed E-state index contributed by atoms with van der Waals surface area (Å²) in [6.07, 6.45) is 0. The second-order valence-electron chi connectivity index (χ2n) is 6.71. The number of hydrogen-bond donors (Lipinski definition) is 1. The third kappa shape index (κ3) is 4.36. The molecule has 1 aliphatic heterocycles. The number of halogens is 1. The molecule has 1 atom stereocenters. The average Bonchev–Trinajstić information content (AvgIpc) is 2.73. The lowest BCUT2D eigenvalue weighted by Gasteiger charge is -2.38. The quantitative estimate of drug-likeness (QED) is 0.826. The van der Waals surface area contributed by atoms with Gasteiger partial charge in [0.25, 0.3) is 0 Å². The molecule has 1 saturated heterocycles. The van der Waals surface area contributed by atoms with E-state index < -0.39 is 0 Å². The lowest BCUT2D eigenvalue weighted by Crippen LogP contribution is -2.53. The molecule has 28 heavy (non-hydrogen) atoms. The molecular weight excluding hydrogens is 361 g/mol. The van der Waals surface area contributed by atoms with E-state index in [4.69, 9.17) is 9.47 Å². The van der Waals surface area contributed by atoms with Gasteiger partial charge in [-0.3, -0.25) is 9.69 Å². The Kier molecular flexibility index (Phi) is 6.36. The highest BCUT2D eigenvalue weighted by Crippen LogP contribution is 2.29. The van der Waals surface area contributed by atoms with Gasteiger partial charge in [-0.1, -0.05) is 12.1 Å². The standard InChI is InChI=1S/C21H26FN3O3/c1-15(21(26)23-18-14-16(27-2)8-9-20(18)28-3)24-10-12-25(13-11-24)19-7-5-4-6-17(19)22/h4-9,14-15H,10-13H2,1-3H3,(H,23,26). The Bertz CT molecular complexity index is 822. The van der Waals surface area contributed by atoms with E-state index in [-0.39, 0.29) is 17.8 Å². The first-order valence-electron chi connectivity index (χ1n) is 9.30. The summed E-state index contributed by atoms with van der Waals surface area (Å²) < 4.78 is 24.5. The van der Waals surface area contributed by atoms with Gasteiger partial charge >= 0.3 is 0 Å². The number of anilines is 2. The van der Waals surface area contributed by atoms with Crippen molar-refractivity contribution in [1.82, 2.24) is 4.90 Å². The molecule has 1 N–H and O–H groups in total. The van der Waals surface area contributed by atoms with Crippen molar-refractivity contribution in [1.29, 1.82) is 0 Å². The van der Waals surface area contributed by atoms with Crippen molar-refractivity contribution in [3.05, 3.63) is 48.3 Å². The average molecular weight is 387 g/mol. The molecule has 7 heteroatoms. The van der Waals surface area contributed by atoms with E-state index in [2.05, 4.69) is 10.2 Å². The first kappa shape index (κ1) is 19.9. The van der Waals surface area contributed by atoms with E-state index in [0.29, 0.717) is 49.1 Å². The van der Waals surface area contributed by atoms with Crippen molar-refractivity contribution in [2.45, 2.75) is 13.0 Å². The summed E-state index contributed by atoms with van der Waals surface area (Å²) in [5.41, 5.74) is 1.18. The van der Waals surface area contributed by atoms with Gasteiger partial charge in [0, 0.05) is 32.2 Å². The normalized spacial score (nSPS) is 15.8. The van der Waals surface area contributed by atoms with Crippen molar-refractivity contribution < 1.29 is 18.7 Å². The molecule has 1 fully saturated rings. The molecule has 0 aliphatic carbocycles. The van der Waals surface area contributed by atoms with E-state index in [0.717, 1.165) is 0 Å². The van der Waals surface area contributed by atoms with Crippen molar-refractivity contribution in [3.63, 3.8) is 0 Å². The molecule has 1 aliphatic rings. The van der Waals surface area contributed by atoms with E-state index in [1.54, 1.807) is 44.6 Å². The largest absolute Gasteiger partial charge is 0.497 e. The molecule has 2 aromatic carbocycles. The summed E-state index contributed by atoms with van der Waals surface area (Å²) in [4.78, 5) is 16.9. The Morgan fingerprint density at radius 3 is 2.43 bits per heavy atom. The van der Waals surface area contributed by atoms with E-state index in [1.807, 2.05) is 17.9 Å². The number of benzene rings is 2. The third-order valence-corrected chi connectivity index (χ3v) is 5.10. The molecular formula is C21H26FN3O3. The zero-order valence-corrected chi connectivity index (χ0v) is 16.4. The number of nitrogens with zero attached hydrogens (tertiary/aromatic N) is 2. The van der Waals surface area contributed by atoms with E-state index in [1.165, 1.54) is 6.07 Å². The van der Waals surface area contributed by atoms with Gasteiger partial charge in [-0.15, -0.1) is 0 Å². The summed E-state index contributed by atoms with van der Waals surface area (Å²) in [5, 5.41) is 2.93. The van der Waals surface area contributed by atoms with Gasteiger partial charge in [0.1, 0.15) is 17.3 Å². The van der Waals surface area contributed by atoms with Crippen LogP contribution in [0.5, 0.6) is 11.5 Å². The van der Waals surface area contributed by atoms with E-state index in [9.17, 15) is 9.18 Å². The number of hydrogen-bond acceptors (Lipinski definition) is 5. The summed E-state index contributed by atoms with van der Waals surface area (Å²) >= 11 is 0.